The molecule has 1 aliphatic rings. The van der Waals surface area contributed by atoms with Crippen LogP contribution in [0.1, 0.15) is 65.6 Å². The van der Waals surface area contributed by atoms with Gasteiger partial charge < -0.3 is 29.9 Å². The molecule has 6 atom stereocenters. The molecule has 1 aliphatic heterocycles. The Hall–Kier alpha value is -4.09. The number of nitrogen functional groups attached to an aromatic ring is 1. The number of anilines is 1. The molecule has 0 saturated carbocycles. The summed E-state index contributed by atoms with van der Waals surface area (Å²) in [6.45, 7) is 11.3. The van der Waals surface area contributed by atoms with Crippen LogP contribution in [0.5, 0.6) is 5.75 Å². The zero-order chi connectivity index (χ0) is 36.4. The maximum Gasteiger partial charge on any atom is 0.459 e. The van der Waals surface area contributed by atoms with Crippen LogP contribution in [0.4, 0.5) is 5.82 Å². The molecule has 0 amide bonds. The van der Waals surface area contributed by atoms with Crippen LogP contribution in [0.2, 0.25) is 0 Å². The van der Waals surface area contributed by atoms with E-state index in [0.717, 1.165) is 23.8 Å². The Balaban J connectivity index is 1.45. The van der Waals surface area contributed by atoms with Crippen molar-refractivity contribution in [3.05, 3.63) is 66.1 Å². The molecular formula is C35H45N6O8P. The molecule has 50 heavy (non-hydrogen) atoms. The molecule has 5 N–H and O–H groups in total. The number of hydrogen-bond donors (Lipinski definition) is 4. The van der Waals surface area contributed by atoms with Crippen LogP contribution in [0, 0.1) is 17.2 Å². The van der Waals surface area contributed by atoms with Crippen molar-refractivity contribution < 1.29 is 38.1 Å². The van der Waals surface area contributed by atoms with Gasteiger partial charge in [0.15, 0.2) is 5.82 Å². The van der Waals surface area contributed by atoms with E-state index in [-0.39, 0.29) is 35.2 Å². The second kappa shape index (κ2) is 14.6. The van der Waals surface area contributed by atoms with Crippen LogP contribution >= 0.6 is 7.75 Å². The third-order valence-electron chi connectivity index (χ3n) is 9.13. The normalized spacial score (nSPS) is 22.8. The summed E-state index contributed by atoms with van der Waals surface area (Å²) < 4.78 is 39.5. The summed E-state index contributed by atoms with van der Waals surface area (Å²) in [5, 5.41) is 41.0. The lowest BCUT2D eigenvalue weighted by Crippen LogP contribution is -2.41. The lowest BCUT2D eigenvalue weighted by molar-refractivity contribution is -0.146. The number of aromatic nitrogens is 3. The van der Waals surface area contributed by atoms with E-state index in [1.54, 1.807) is 12.1 Å². The van der Waals surface area contributed by atoms with E-state index in [1.165, 1.54) is 23.8 Å². The number of rotatable bonds is 13. The molecule has 14 nitrogen and oxygen atoms in total. The van der Waals surface area contributed by atoms with Crippen molar-refractivity contribution in [2.24, 2.45) is 5.92 Å². The highest BCUT2D eigenvalue weighted by Crippen LogP contribution is 2.49. The molecule has 268 valence electrons. The second-order valence-electron chi connectivity index (χ2n) is 13.6. The van der Waals surface area contributed by atoms with Gasteiger partial charge in [0.1, 0.15) is 48.0 Å². The Morgan fingerprint density at radius 2 is 1.86 bits per heavy atom. The number of nitrogens with zero attached hydrogens (tertiary/aromatic N) is 4. The van der Waals surface area contributed by atoms with Gasteiger partial charge in [0.05, 0.1) is 18.9 Å². The first-order chi connectivity index (χ1) is 23.7. The number of aliphatic hydroxyl groups is 2. The molecule has 1 saturated heterocycles. The Morgan fingerprint density at radius 1 is 1.16 bits per heavy atom. The van der Waals surface area contributed by atoms with Crippen LogP contribution in [0.15, 0.2) is 54.9 Å². The number of nitrogens with one attached hydrogen (secondary N) is 1. The van der Waals surface area contributed by atoms with E-state index < -0.39 is 50.3 Å². The van der Waals surface area contributed by atoms with Crippen molar-refractivity contribution in [1.29, 1.82) is 5.26 Å². The summed E-state index contributed by atoms with van der Waals surface area (Å²) in [7, 11) is -4.48. The van der Waals surface area contributed by atoms with Crippen molar-refractivity contribution in [2.45, 2.75) is 89.8 Å². The molecule has 0 bridgehead atoms. The SMILES string of the molecule is CCC(CC)COC(=O)[C@H](C)NP(=O)(OC[C@H]1O[C@@](C#N)(c2ccc3c(N)ncnn23)[C@H](O)[C@@H]1O)Oc1ccc(C(C)(C)C)c2ccccc12. The number of benzene rings is 2. The maximum atomic E-state index is 14.6. The van der Waals surface area contributed by atoms with Gasteiger partial charge in [0.25, 0.3) is 0 Å². The van der Waals surface area contributed by atoms with E-state index >= 15 is 0 Å². The highest BCUT2D eigenvalue weighted by Gasteiger charge is 2.58. The number of nitrogens with two attached hydrogens (primary N) is 1. The van der Waals surface area contributed by atoms with Crippen LogP contribution in [-0.4, -0.2) is 68.3 Å². The summed E-state index contributed by atoms with van der Waals surface area (Å²) in [6, 6.07) is 14.9. The smallest absolute Gasteiger partial charge is 0.459 e. The van der Waals surface area contributed by atoms with Crippen molar-refractivity contribution in [2.75, 3.05) is 18.9 Å². The van der Waals surface area contributed by atoms with Gasteiger partial charge in [-0.3, -0.25) is 9.32 Å². The molecule has 4 aromatic rings. The molecule has 0 spiro atoms. The molecule has 0 aliphatic carbocycles. The Labute approximate surface area is 291 Å². The highest BCUT2D eigenvalue weighted by molar-refractivity contribution is 7.52. The summed E-state index contributed by atoms with van der Waals surface area (Å²) in [5.74, 6) is -0.133. The van der Waals surface area contributed by atoms with Gasteiger partial charge in [-0.1, -0.05) is 77.8 Å². The van der Waals surface area contributed by atoms with E-state index in [0.29, 0.717) is 10.9 Å². The minimum Gasteiger partial charge on any atom is -0.464 e. The van der Waals surface area contributed by atoms with E-state index in [9.17, 15) is 24.8 Å². The minimum absolute atomic E-state index is 0.0925. The van der Waals surface area contributed by atoms with Crippen molar-refractivity contribution >= 4 is 35.8 Å². The van der Waals surface area contributed by atoms with Gasteiger partial charge in [-0.2, -0.15) is 15.4 Å². The first-order valence-electron chi connectivity index (χ1n) is 16.6. The zero-order valence-corrected chi connectivity index (χ0v) is 30.0. The van der Waals surface area contributed by atoms with E-state index in [4.69, 9.17) is 24.3 Å². The number of nitriles is 1. The predicted molar refractivity (Wildman–Crippen MR) is 186 cm³/mol. The number of aliphatic hydroxyl groups excluding tert-OH is 2. The average molecular weight is 709 g/mol. The molecule has 2 aromatic heterocycles. The van der Waals surface area contributed by atoms with Gasteiger partial charge in [-0.25, -0.2) is 14.1 Å². The fourth-order valence-corrected chi connectivity index (χ4v) is 7.61. The molecule has 1 unspecified atom stereocenters. The molecule has 3 heterocycles. The largest absolute Gasteiger partial charge is 0.464 e. The third kappa shape index (κ3) is 7.21. The van der Waals surface area contributed by atoms with Gasteiger partial charge in [0.2, 0.25) is 5.60 Å². The zero-order valence-electron chi connectivity index (χ0n) is 29.1. The molecule has 0 radical (unpaired) electrons. The summed E-state index contributed by atoms with van der Waals surface area (Å²) in [5.41, 5.74) is 5.13. The number of esters is 1. The molecule has 15 heteroatoms. The lowest BCUT2D eigenvalue weighted by atomic mass is 9.83. The first-order valence-corrected chi connectivity index (χ1v) is 18.2. The first kappa shape index (κ1) is 37.2. The Morgan fingerprint density at radius 3 is 2.52 bits per heavy atom. The maximum absolute atomic E-state index is 14.6. The number of fused-ring (bicyclic) bond motifs is 2. The van der Waals surface area contributed by atoms with Crippen molar-refractivity contribution in [3.63, 3.8) is 0 Å². The van der Waals surface area contributed by atoms with Crippen molar-refractivity contribution in [1.82, 2.24) is 19.7 Å². The van der Waals surface area contributed by atoms with Crippen LogP contribution in [0.25, 0.3) is 16.3 Å². The quantitative estimate of drug-likeness (QED) is 0.109. The van der Waals surface area contributed by atoms with Gasteiger partial charge >= 0.3 is 13.7 Å². The van der Waals surface area contributed by atoms with Crippen LogP contribution < -0.4 is 15.3 Å². The minimum atomic E-state index is -4.48. The third-order valence-corrected chi connectivity index (χ3v) is 10.8. The fourth-order valence-electron chi connectivity index (χ4n) is 6.09. The van der Waals surface area contributed by atoms with E-state index in [1.807, 2.05) is 50.2 Å². The number of carbonyl (C=O) groups is 1. The van der Waals surface area contributed by atoms with Gasteiger partial charge in [0, 0.05) is 5.39 Å². The molecule has 1 fully saturated rings. The summed E-state index contributed by atoms with van der Waals surface area (Å²) in [4.78, 5) is 17.0. The Kier molecular flexibility index (Phi) is 10.9. The lowest BCUT2D eigenvalue weighted by Gasteiger charge is -2.27. The van der Waals surface area contributed by atoms with Gasteiger partial charge in [-0.15, -0.1) is 0 Å². The predicted octanol–water partition coefficient (Wildman–Crippen LogP) is 4.76. The number of hydrogen-bond acceptors (Lipinski definition) is 12. The molecular weight excluding hydrogens is 663 g/mol. The second-order valence-corrected chi connectivity index (χ2v) is 15.2. The van der Waals surface area contributed by atoms with Gasteiger partial charge in [-0.05, 0) is 47.4 Å². The standard InChI is InChI=1S/C35H45N6O8P/c1-7-22(8-2)17-46-33(44)21(3)40-50(45,49-27-15-13-25(34(4,5)6)23-11-9-10-12-24(23)27)47-18-28-30(42)31(43)35(19-36,48-28)29-16-14-26-32(37)38-20-39-41(26)29/h9-16,20-22,28,30-31,42-43H,7-8,17-18H2,1-6H3,(H,40,45)(H2,37,38,39)/t21-,28+,30+,31+,35-,50?/m0/s1. The Bertz CT molecular complexity index is 1940. The summed E-state index contributed by atoms with van der Waals surface area (Å²) >= 11 is 0. The average Bonchev–Trinajstić information content (AvgIpc) is 3.63. The summed E-state index contributed by atoms with van der Waals surface area (Å²) in [6.07, 6.45) is -1.97. The van der Waals surface area contributed by atoms with Crippen LogP contribution in [0.3, 0.4) is 0 Å². The van der Waals surface area contributed by atoms with Crippen LogP contribution in [-0.2, 0) is 34.4 Å². The van der Waals surface area contributed by atoms with Crippen molar-refractivity contribution in [3.8, 4) is 11.8 Å². The molecule has 5 rings (SSSR count). The monoisotopic (exact) mass is 708 g/mol. The number of ether oxygens (including phenoxy) is 2. The topological polar surface area (TPSA) is 204 Å². The molecule has 2 aromatic carbocycles. The van der Waals surface area contributed by atoms with E-state index in [2.05, 4.69) is 35.9 Å². The fraction of sp³-hybridized carbons (Fsp3) is 0.486. The number of carbonyl (C=O) groups excluding carboxylic acids is 1. The highest BCUT2D eigenvalue weighted by atomic mass is 31.2.